The molecule has 0 spiro atoms. The fourth-order valence-electron chi connectivity index (χ4n) is 1.84. The van der Waals surface area contributed by atoms with Crippen molar-refractivity contribution in [3.8, 4) is 0 Å². The van der Waals surface area contributed by atoms with Crippen molar-refractivity contribution < 1.29 is 28.7 Å². The van der Waals surface area contributed by atoms with Crippen LogP contribution >= 0.6 is 21.6 Å². The number of ether oxygens (including phenoxy) is 2. The summed E-state index contributed by atoms with van der Waals surface area (Å²) in [7, 11) is 5.13. The van der Waals surface area contributed by atoms with Gasteiger partial charge < -0.3 is 20.1 Å². The number of carbonyl (C=O) groups excluding carboxylic acids is 4. The van der Waals surface area contributed by atoms with E-state index in [0.29, 0.717) is 25.7 Å². The molecule has 8 nitrogen and oxygen atoms in total. The second kappa shape index (κ2) is 14.7. The van der Waals surface area contributed by atoms with Gasteiger partial charge in [0.1, 0.15) is 12.1 Å². The molecule has 0 unspecified atom stereocenters. The highest BCUT2D eigenvalue weighted by Crippen LogP contribution is 2.23. The smallest absolute Gasteiger partial charge is 0.329 e. The topological polar surface area (TPSA) is 111 Å². The predicted octanol–water partition coefficient (Wildman–Crippen LogP) is 1.28. The van der Waals surface area contributed by atoms with Crippen LogP contribution in [0.1, 0.15) is 39.5 Å². The number of methoxy groups -OCH3 is 2. The highest BCUT2D eigenvalue weighted by Gasteiger charge is 2.24. The average Bonchev–Trinajstić information content (AvgIpc) is 2.62. The molecule has 0 radical (unpaired) electrons. The van der Waals surface area contributed by atoms with Crippen molar-refractivity contribution >= 4 is 45.3 Å². The third-order valence-electron chi connectivity index (χ3n) is 3.15. The molecule has 0 saturated heterocycles. The lowest BCUT2D eigenvalue weighted by Gasteiger charge is -2.18. The molecule has 0 aliphatic carbocycles. The Morgan fingerprint density at radius 2 is 1.12 bits per heavy atom. The van der Waals surface area contributed by atoms with Gasteiger partial charge in [0.25, 0.3) is 0 Å². The van der Waals surface area contributed by atoms with E-state index in [9.17, 15) is 19.2 Å². The number of rotatable bonds is 13. The van der Waals surface area contributed by atoms with E-state index in [-0.39, 0.29) is 23.3 Å². The van der Waals surface area contributed by atoms with Gasteiger partial charge in [0.15, 0.2) is 0 Å². The van der Waals surface area contributed by atoms with Crippen molar-refractivity contribution in [1.29, 1.82) is 0 Å². The summed E-state index contributed by atoms with van der Waals surface area (Å²) in [6.07, 6.45) is 2.03. The van der Waals surface area contributed by atoms with Crippen LogP contribution in [0.25, 0.3) is 0 Å². The predicted molar refractivity (Wildman–Crippen MR) is 103 cm³/mol. The van der Waals surface area contributed by atoms with Crippen LogP contribution in [-0.4, -0.2) is 61.6 Å². The Labute approximate surface area is 162 Å². The van der Waals surface area contributed by atoms with Crippen molar-refractivity contribution in [1.82, 2.24) is 10.6 Å². The molecule has 26 heavy (non-hydrogen) atoms. The first-order valence-electron chi connectivity index (χ1n) is 8.38. The molecule has 0 aliphatic heterocycles. The molecule has 0 aromatic rings. The summed E-state index contributed by atoms with van der Waals surface area (Å²) in [4.78, 5) is 46.9. The van der Waals surface area contributed by atoms with Crippen LogP contribution < -0.4 is 10.6 Å². The Hall–Kier alpha value is -1.42. The Morgan fingerprint density at radius 1 is 0.769 bits per heavy atom. The van der Waals surface area contributed by atoms with Crippen LogP contribution in [0.2, 0.25) is 0 Å². The molecule has 0 aromatic heterocycles. The van der Waals surface area contributed by atoms with E-state index in [1.807, 2.05) is 13.8 Å². The fourth-order valence-corrected chi connectivity index (χ4v) is 4.14. The zero-order valence-corrected chi connectivity index (χ0v) is 17.3. The summed E-state index contributed by atoms with van der Waals surface area (Å²) < 4.78 is 9.39. The van der Waals surface area contributed by atoms with Crippen molar-refractivity contribution in [2.24, 2.45) is 0 Å². The summed E-state index contributed by atoms with van der Waals surface area (Å²) >= 11 is 0. The van der Waals surface area contributed by atoms with Crippen LogP contribution in [0.15, 0.2) is 0 Å². The van der Waals surface area contributed by atoms with Crippen molar-refractivity contribution in [3.05, 3.63) is 0 Å². The minimum atomic E-state index is -0.761. The fraction of sp³-hybridized carbons (Fsp3) is 0.750. The molecule has 2 N–H and O–H groups in total. The standard InChI is InChI=1S/C16H28N2O6S2/c1-5-7-13(19)17-11(15(21)23-3)9-25-26-10-12(16(22)24-4)18-14(20)8-6-2/h11-12H,5-10H2,1-4H3,(H,17,19)(H,18,20)/t11-,12-/m1/s1. The molecule has 150 valence electrons. The van der Waals surface area contributed by atoms with Crippen LogP contribution in [0.3, 0.4) is 0 Å². The second-order valence-corrected chi connectivity index (χ2v) is 7.91. The Kier molecular flexibility index (Phi) is 13.9. The third kappa shape index (κ3) is 10.5. The van der Waals surface area contributed by atoms with Gasteiger partial charge in [-0.05, 0) is 12.8 Å². The first kappa shape index (κ1) is 24.6. The average molecular weight is 409 g/mol. The number of hydrogen-bond acceptors (Lipinski definition) is 8. The highest BCUT2D eigenvalue weighted by atomic mass is 33.1. The van der Waals surface area contributed by atoms with Gasteiger partial charge in [-0.2, -0.15) is 0 Å². The second-order valence-electron chi connectivity index (χ2n) is 5.36. The maximum Gasteiger partial charge on any atom is 0.329 e. The van der Waals surface area contributed by atoms with Crippen molar-refractivity contribution in [2.45, 2.75) is 51.6 Å². The molecule has 0 saturated carbocycles. The number of nitrogens with one attached hydrogen (secondary N) is 2. The van der Waals surface area contributed by atoms with E-state index in [0.717, 1.165) is 0 Å². The van der Waals surface area contributed by atoms with E-state index in [1.54, 1.807) is 0 Å². The van der Waals surface area contributed by atoms with Crippen LogP contribution in [0, 0.1) is 0 Å². The first-order valence-corrected chi connectivity index (χ1v) is 10.9. The molecule has 2 amide bonds. The zero-order chi connectivity index (χ0) is 19.9. The van der Waals surface area contributed by atoms with E-state index < -0.39 is 24.0 Å². The van der Waals surface area contributed by atoms with Crippen LogP contribution in [0.5, 0.6) is 0 Å². The molecule has 0 heterocycles. The minimum absolute atomic E-state index is 0.215. The number of carbonyl (C=O) groups is 4. The minimum Gasteiger partial charge on any atom is -0.467 e. The van der Waals surface area contributed by atoms with Gasteiger partial charge in [-0.15, -0.1) is 0 Å². The van der Waals surface area contributed by atoms with E-state index in [1.165, 1.54) is 35.8 Å². The lowest BCUT2D eigenvalue weighted by Crippen LogP contribution is -2.44. The summed E-state index contributed by atoms with van der Waals surface area (Å²) in [6, 6.07) is -1.52. The summed E-state index contributed by atoms with van der Waals surface area (Å²) in [5.74, 6) is -0.917. The molecular weight excluding hydrogens is 380 g/mol. The van der Waals surface area contributed by atoms with Gasteiger partial charge in [0.05, 0.1) is 14.2 Å². The van der Waals surface area contributed by atoms with Gasteiger partial charge in [-0.25, -0.2) is 9.59 Å². The van der Waals surface area contributed by atoms with Gasteiger partial charge in [-0.3, -0.25) is 9.59 Å². The highest BCUT2D eigenvalue weighted by molar-refractivity contribution is 8.76. The summed E-state index contributed by atoms with van der Waals surface area (Å²) in [6.45, 7) is 3.74. The SMILES string of the molecule is CCCC(=O)N[C@H](CSSC[C@@H](NC(=O)CCC)C(=O)OC)C(=O)OC. The Bertz CT molecular complexity index is 434. The largest absolute Gasteiger partial charge is 0.467 e. The van der Waals surface area contributed by atoms with Gasteiger partial charge in [-0.1, -0.05) is 35.4 Å². The maximum absolute atomic E-state index is 11.8. The molecule has 0 aliphatic rings. The first-order chi connectivity index (χ1) is 12.4. The number of hydrogen-bond donors (Lipinski definition) is 2. The number of amides is 2. The van der Waals surface area contributed by atoms with Gasteiger partial charge in [0, 0.05) is 24.3 Å². The molecule has 10 heteroatoms. The van der Waals surface area contributed by atoms with E-state index >= 15 is 0 Å². The third-order valence-corrected chi connectivity index (χ3v) is 5.57. The maximum atomic E-state index is 11.8. The van der Waals surface area contributed by atoms with E-state index in [2.05, 4.69) is 10.6 Å². The van der Waals surface area contributed by atoms with Crippen LogP contribution in [-0.2, 0) is 28.7 Å². The van der Waals surface area contributed by atoms with Crippen molar-refractivity contribution in [3.63, 3.8) is 0 Å². The quantitative estimate of drug-likeness (QED) is 0.266. The Morgan fingerprint density at radius 3 is 1.38 bits per heavy atom. The van der Waals surface area contributed by atoms with Crippen molar-refractivity contribution in [2.75, 3.05) is 25.7 Å². The molecule has 0 aromatic carbocycles. The lowest BCUT2D eigenvalue weighted by atomic mass is 10.3. The lowest BCUT2D eigenvalue weighted by molar-refractivity contribution is -0.144. The zero-order valence-electron chi connectivity index (χ0n) is 15.7. The molecular formula is C16H28N2O6S2. The summed E-state index contributed by atoms with van der Waals surface area (Å²) in [5.41, 5.74) is 0. The van der Waals surface area contributed by atoms with Crippen LogP contribution in [0.4, 0.5) is 0 Å². The van der Waals surface area contributed by atoms with Gasteiger partial charge in [0.2, 0.25) is 11.8 Å². The van der Waals surface area contributed by atoms with Gasteiger partial charge >= 0.3 is 11.9 Å². The van der Waals surface area contributed by atoms with E-state index in [4.69, 9.17) is 9.47 Å². The summed E-state index contributed by atoms with van der Waals surface area (Å²) in [5, 5.41) is 5.26. The normalized spacial score (nSPS) is 12.6. The molecule has 0 rings (SSSR count). The molecule has 2 atom stereocenters. The number of esters is 2. The monoisotopic (exact) mass is 408 g/mol. The Balaban J connectivity index is 4.51. The molecule has 0 fully saturated rings. The molecule has 0 bridgehead atoms.